The smallest absolute Gasteiger partial charge is 0.243 e. The standard InChI is InChI=1S/C10H10FN5O/c1-17-8-3-7-5(2-6(8)11)9-13-4-14-16(9)10(12)15-7/h2-3,12-14H,4H2,1H3. The molecular formula is C10H10FN5O. The van der Waals surface area contributed by atoms with Crippen LogP contribution in [0.25, 0.3) is 10.9 Å². The fourth-order valence-electron chi connectivity index (χ4n) is 1.90. The topological polar surface area (TPSA) is 75.0 Å². The van der Waals surface area contributed by atoms with Crippen molar-refractivity contribution in [1.29, 1.82) is 5.41 Å². The third-order valence-corrected chi connectivity index (χ3v) is 2.68. The van der Waals surface area contributed by atoms with E-state index in [1.54, 1.807) is 0 Å². The van der Waals surface area contributed by atoms with Crippen LogP contribution in [0.4, 0.5) is 10.2 Å². The molecule has 7 heteroatoms. The maximum Gasteiger partial charge on any atom is 0.243 e. The number of nitrogens with one attached hydrogen (secondary N) is 3. The molecule has 0 aliphatic carbocycles. The minimum absolute atomic E-state index is 0.0613. The summed E-state index contributed by atoms with van der Waals surface area (Å²) in [5.41, 5.74) is 3.50. The van der Waals surface area contributed by atoms with E-state index in [9.17, 15) is 4.39 Å². The zero-order valence-corrected chi connectivity index (χ0v) is 9.04. The van der Waals surface area contributed by atoms with E-state index in [1.807, 2.05) is 0 Å². The quantitative estimate of drug-likeness (QED) is 0.676. The first-order valence-corrected chi connectivity index (χ1v) is 5.03. The van der Waals surface area contributed by atoms with Gasteiger partial charge in [0.2, 0.25) is 5.62 Å². The van der Waals surface area contributed by atoms with Crippen LogP contribution in [0.5, 0.6) is 5.75 Å². The maximum absolute atomic E-state index is 13.6. The Balaban J connectivity index is 2.41. The summed E-state index contributed by atoms with van der Waals surface area (Å²) in [6.07, 6.45) is 0. The van der Waals surface area contributed by atoms with Crippen LogP contribution in [0, 0.1) is 11.2 Å². The Hall–Kier alpha value is -2.31. The van der Waals surface area contributed by atoms with Gasteiger partial charge in [-0.2, -0.15) is 0 Å². The number of aromatic nitrogens is 2. The zero-order valence-electron chi connectivity index (χ0n) is 9.04. The number of benzene rings is 1. The van der Waals surface area contributed by atoms with Crippen molar-refractivity contribution < 1.29 is 9.13 Å². The number of hydrogen-bond acceptors (Lipinski definition) is 5. The van der Waals surface area contributed by atoms with Gasteiger partial charge in [0.05, 0.1) is 12.6 Å². The molecule has 1 aromatic carbocycles. The summed E-state index contributed by atoms with van der Waals surface area (Å²) in [4.78, 5) is 4.08. The van der Waals surface area contributed by atoms with E-state index in [2.05, 4.69) is 15.7 Å². The summed E-state index contributed by atoms with van der Waals surface area (Å²) in [5, 5.41) is 11.4. The Labute approximate surface area is 95.5 Å². The van der Waals surface area contributed by atoms with E-state index >= 15 is 0 Å². The normalized spacial score (nSPS) is 13.1. The van der Waals surface area contributed by atoms with Crippen LogP contribution >= 0.6 is 0 Å². The predicted octanol–water partition coefficient (Wildman–Crippen LogP) is 0.590. The van der Waals surface area contributed by atoms with Crippen LogP contribution in [0.1, 0.15) is 0 Å². The van der Waals surface area contributed by atoms with Gasteiger partial charge < -0.3 is 15.5 Å². The summed E-state index contributed by atoms with van der Waals surface area (Å²) < 4.78 is 20.0. The van der Waals surface area contributed by atoms with Gasteiger partial charge in [-0.3, -0.25) is 5.41 Å². The second-order valence-electron chi connectivity index (χ2n) is 3.63. The fourth-order valence-corrected chi connectivity index (χ4v) is 1.90. The molecule has 0 spiro atoms. The fraction of sp³-hybridized carbons (Fsp3) is 0.200. The second-order valence-corrected chi connectivity index (χ2v) is 3.63. The van der Waals surface area contributed by atoms with Gasteiger partial charge in [-0.15, -0.1) is 0 Å². The summed E-state index contributed by atoms with van der Waals surface area (Å²) in [5.74, 6) is 0.317. The summed E-state index contributed by atoms with van der Waals surface area (Å²) >= 11 is 0. The molecule has 0 unspecified atom stereocenters. The maximum atomic E-state index is 13.6. The van der Waals surface area contributed by atoms with Crippen molar-refractivity contribution in [2.24, 2.45) is 0 Å². The van der Waals surface area contributed by atoms with Gasteiger partial charge >= 0.3 is 0 Å². The average molecular weight is 235 g/mol. The van der Waals surface area contributed by atoms with Crippen molar-refractivity contribution >= 4 is 16.7 Å². The van der Waals surface area contributed by atoms with Gasteiger partial charge in [0.25, 0.3) is 0 Å². The first-order valence-electron chi connectivity index (χ1n) is 5.03. The number of anilines is 1. The molecule has 1 aliphatic rings. The largest absolute Gasteiger partial charge is 0.494 e. The van der Waals surface area contributed by atoms with E-state index in [0.717, 1.165) is 0 Å². The van der Waals surface area contributed by atoms with Crippen LogP contribution in [-0.4, -0.2) is 23.4 Å². The lowest BCUT2D eigenvalue weighted by atomic mass is 10.2. The number of ether oxygens (including phenoxy) is 1. The highest BCUT2D eigenvalue weighted by molar-refractivity contribution is 5.90. The van der Waals surface area contributed by atoms with Crippen LogP contribution in [0.3, 0.4) is 0 Å². The molecule has 0 atom stereocenters. The predicted molar refractivity (Wildman–Crippen MR) is 59.9 cm³/mol. The van der Waals surface area contributed by atoms with E-state index < -0.39 is 5.82 Å². The highest BCUT2D eigenvalue weighted by atomic mass is 19.1. The number of fused-ring (bicyclic) bond motifs is 3. The molecule has 3 N–H and O–H groups in total. The van der Waals surface area contributed by atoms with Crippen molar-refractivity contribution in [3.05, 3.63) is 23.6 Å². The molecule has 88 valence electrons. The highest BCUT2D eigenvalue weighted by Crippen LogP contribution is 2.27. The van der Waals surface area contributed by atoms with E-state index in [0.29, 0.717) is 23.4 Å². The minimum Gasteiger partial charge on any atom is -0.494 e. The molecule has 6 nitrogen and oxygen atoms in total. The van der Waals surface area contributed by atoms with E-state index in [-0.39, 0.29) is 11.4 Å². The van der Waals surface area contributed by atoms with Gasteiger partial charge in [-0.1, -0.05) is 0 Å². The van der Waals surface area contributed by atoms with Gasteiger partial charge in [0, 0.05) is 11.5 Å². The molecule has 2 aromatic rings. The first kappa shape index (κ1) is 9.88. The van der Waals surface area contributed by atoms with Gasteiger partial charge in [-0.05, 0) is 6.07 Å². The average Bonchev–Trinajstić information content (AvgIpc) is 2.79. The zero-order chi connectivity index (χ0) is 12.0. The molecule has 0 radical (unpaired) electrons. The first-order chi connectivity index (χ1) is 8.20. The summed E-state index contributed by atoms with van der Waals surface area (Å²) in [7, 11) is 1.40. The lowest BCUT2D eigenvalue weighted by Crippen LogP contribution is -2.26. The SMILES string of the molecule is COc1cc2nc(=N)n3c(c2cc1F)NCN3. The van der Waals surface area contributed by atoms with E-state index in [1.165, 1.54) is 23.9 Å². The van der Waals surface area contributed by atoms with Crippen LogP contribution < -0.4 is 21.1 Å². The second kappa shape index (κ2) is 3.34. The minimum atomic E-state index is -0.448. The molecule has 1 aromatic heterocycles. The number of halogens is 1. The Morgan fingerprint density at radius 2 is 2.35 bits per heavy atom. The molecular weight excluding hydrogens is 225 g/mol. The number of hydrogen-bond donors (Lipinski definition) is 3. The molecule has 3 rings (SSSR count). The van der Waals surface area contributed by atoms with Gasteiger partial charge in [-0.25, -0.2) is 14.1 Å². The molecule has 1 aliphatic heterocycles. The Morgan fingerprint density at radius 3 is 3.12 bits per heavy atom. The summed E-state index contributed by atoms with van der Waals surface area (Å²) in [6.45, 7) is 0.486. The monoisotopic (exact) mass is 235 g/mol. The molecule has 0 saturated heterocycles. The van der Waals surface area contributed by atoms with Crippen molar-refractivity contribution in [2.45, 2.75) is 0 Å². The number of rotatable bonds is 1. The molecule has 17 heavy (non-hydrogen) atoms. The van der Waals surface area contributed by atoms with Crippen molar-refractivity contribution in [1.82, 2.24) is 9.66 Å². The lowest BCUT2D eigenvalue weighted by Gasteiger charge is -2.08. The van der Waals surface area contributed by atoms with Crippen LogP contribution in [0.2, 0.25) is 0 Å². The van der Waals surface area contributed by atoms with Gasteiger partial charge in [0.1, 0.15) is 12.5 Å². The Morgan fingerprint density at radius 1 is 1.53 bits per heavy atom. The molecule has 0 saturated carbocycles. The molecule has 2 heterocycles. The van der Waals surface area contributed by atoms with Crippen molar-refractivity contribution in [2.75, 3.05) is 24.5 Å². The number of methoxy groups -OCH3 is 1. The Kier molecular flexibility index (Phi) is 1.94. The summed E-state index contributed by atoms with van der Waals surface area (Å²) in [6, 6.07) is 2.84. The van der Waals surface area contributed by atoms with Crippen molar-refractivity contribution in [3.63, 3.8) is 0 Å². The van der Waals surface area contributed by atoms with Crippen LogP contribution in [0.15, 0.2) is 12.1 Å². The lowest BCUT2D eigenvalue weighted by molar-refractivity contribution is 0.387. The van der Waals surface area contributed by atoms with Crippen molar-refractivity contribution in [3.8, 4) is 5.75 Å². The van der Waals surface area contributed by atoms with Gasteiger partial charge in [0.15, 0.2) is 11.6 Å². The third-order valence-electron chi connectivity index (χ3n) is 2.68. The molecule has 0 bridgehead atoms. The molecule has 0 amide bonds. The molecule has 0 fully saturated rings. The third kappa shape index (κ3) is 1.32. The van der Waals surface area contributed by atoms with E-state index in [4.69, 9.17) is 10.1 Å². The van der Waals surface area contributed by atoms with Crippen LogP contribution in [-0.2, 0) is 0 Å². The highest BCUT2D eigenvalue weighted by Gasteiger charge is 2.16. The Bertz CT molecular complexity index is 666. The number of nitrogens with zero attached hydrogens (tertiary/aromatic N) is 2.